The number of fused-ring (bicyclic) bond motifs is 1. The first-order valence-electron chi connectivity index (χ1n) is 7.07. The summed E-state index contributed by atoms with van der Waals surface area (Å²) in [6.07, 6.45) is 1.03. The molecule has 112 valence electrons. The summed E-state index contributed by atoms with van der Waals surface area (Å²) in [4.78, 5) is 26.6. The SMILES string of the molecule is Nc1ccc(C(=O)N2CCCC(=O)c3cccc(Cl)c32)cc1. The lowest BCUT2D eigenvalue weighted by atomic mass is 10.1. The second-order valence-electron chi connectivity index (χ2n) is 5.24. The van der Waals surface area contributed by atoms with Crippen molar-refractivity contribution < 1.29 is 9.59 Å². The Morgan fingerprint density at radius 2 is 1.86 bits per heavy atom. The number of nitrogens with two attached hydrogens (primary N) is 1. The molecule has 0 aromatic heterocycles. The predicted octanol–water partition coefficient (Wildman–Crippen LogP) is 3.55. The van der Waals surface area contributed by atoms with Crippen LogP contribution in [0.1, 0.15) is 33.6 Å². The molecule has 1 amide bonds. The van der Waals surface area contributed by atoms with Gasteiger partial charge in [-0.3, -0.25) is 9.59 Å². The number of ketones is 1. The van der Waals surface area contributed by atoms with Crippen LogP contribution < -0.4 is 10.6 Å². The Bertz CT molecular complexity index is 741. The predicted molar refractivity (Wildman–Crippen MR) is 87.5 cm³/mol. The lowest BCUT2D eigenvalue weighted by molar-refractivity contribution is 0.0974. The van der Waals surface area contributed by atoms with Crippen LogP contribution in [0.25, 0.3) is 0 Å². The molecule has 0 bridgehead atoms. The van der Waals surface area contributed by atoms with Crippen molar-refractivity contribution in [2.45, 2.75) is 12.8 Å². The molecule has 0 unspecified atom stereocenters. The van der Waals surface area contributed by atoms with E-state index >= 15 is 0 Å². The second-order valence-corrected chi connectivity index (χ2v) is 5.65. The van der Waals surface area contributed by atoms with E-state index in [4.69, 9.17) is 17.3 Å². The summed E-state index contributed by atoms with van der Waals surface area (Å²) in [7, 11) is 0. The Morgan fingerprint density at radius 1 is 1.14 bits per heavy atom. The minimum absolute atomic E-state index is 0.0186. The van der Waals surface area contributed by atoms with Crippen molar-refractivity contribution >= 4 is 34.7 Å². The second kappa shape index (κ2) is 5.81. The van der Waals surface area contributed by atoms with E-state index in [1.54, 1.807) is 47.4 Å². The van der Waals surface area contributed by atoms with Crippen LogP contribution in [0.4, 0.5) is 11.4 Å². The fourth-order valence-corrected chi connectivity index (χ4v) is 2.92. The molecule has 0 atom stereocenters. The molecule has 0 saturated heterocycles. The topological polar surface area (TPSA) is 63.4 Å². The third-order valence-electron chi connectivity index (χ3n) is 3.75. The molecule has 2 aromatic carbocycles. The van der Waals surface area contributed by atoms with E-state index in [-0.39, 0.29) is 11.7 Å². The van der Waals surface area contributed by atoms with Crippen LogP contribution in [0.3, 0.4) is 0 Å². The number of carbonyl (C=O) groups excluding carboxylic acids is 2. The molecule has 0 aliphatic carbocycles. The molecule has 22 heavy (non-hydrogen) atoms. The summed E-state index contributed by atoms with van der Waals surface area (Å²) in [5, 5.41) is 0.413. The van der Waals surface area contributed by atoms with Crippen molar-refractivity contribution in [1.29, 1.82) is 0 Å². The van der Waals surface area contributed by atoms with Crippen LogP contribution in [0.15, 0.2) is 42.5 Å². The molecule has 4 nitrogen and oxygen atoms in total. The summed E-state index contributed by atoms with van der Waals surface area (Å²) in [6.45, 7) is 0.464. The van der Waals surface area contributed by atoms with Gasteiger partial charge in [-0.25, -0.2) is 0 Å². The van der Waals surface area contributed by atoms with Gasteiger partial charge in [-0.15, -0.1) is 0 Å². The van der Waals surface area contributed by atoms with Crippen LogP contribution >= 0.6 is 11.6 Å². The lowest BCUT2D eigenvalue weighted by Gasteiger charge is -2.23. The van der Waals surface area contributed by atoms with Crippen LogP contribution in [0.5, 0.6) is 0 Å². The van der Waals surface area contributed by atoms with Crippen molar-refractivity contribution in [3.63, 3.8) is 0 Å². The number of anilines is 2. The Morgan fingerprint density at radius 3 is 2.59 bits per heavy atom. The van der Waals surface area contributed by atoms with Gasteiger partial charge in [0.15, 0.2) is 5.78 Å². The van der Waals surface area contributed by atoms with Gasteiger partial charge in [0.2, 0.25) is 0 Å². The maximum Gasteiger partial charge on any atom is 0.258 e. The van der Waals surface area contributed by atoms with Gasteiger partial charge in [-0.1, -0.05) is 17.7 Å². The molecule has 1 heterocycles. The number of hydrogen-bond donors (Lipinski definition) is 1. The Labute approximate surface area is 133 Å². The van der Waals surface area contributed by atoms with Crippen LogP contribution in [-0.4, -0.2) is 18.2 Å². The first-order valence-corrected chi connectivity index (χ1v) is 7.45. The Hall–Kier alpha value is -2.33. The maximum absolute atomic E-state index is 12.8. The number of amides is 1. The van der Waals surface area contributed by atoms with Crippen molar-refractivity contribution in [3.8, 4) is 0 Å². The van der Waals surface area contributed by atoms with Crippen molar-refractivity contribution in [2.75, 3.05) is 17.2 Å². The molecule has 2 aromatic rings. The third kappa shape index (κ3) is 2.57. The molecule has 0 saturated carbocycles. The number of Topliss-reactive ketones (excluding diaryl/α,β-unsaturated/α-hetero) is 1. The van der Waals surface area contributed by atoms with E-state index in [2.05, 4.69) is 0 Å². The minimum Gasteiger partial charge on any atom is -0.399 e. The molecule has 2 N–H and O–H groups in total. The summed E-state index contributed by atoms with van der Waals surface area (Å²) in [6, 6.07) is 11.9. The highest BCUT2D eigenvalue weighted by atomic mass is 35.5. The number of carbonyl (C=O) groups is 2. The molecule has 0 radical (unpaired) electrons. The summed E-state index contributed by atoms with van der Waals surface area (Å²) in [5.74, 6) is -0.158. The highest BCUT2D eigenvalue weighted by Gasteiger charge is 2.27. The van der Waals surface area contributed by atoms with Crippen molar-refractivity contribution in [3.05, 3.63) is 58.6 Å². The fraction of sp³-hybridized carbons (Fsp3) is 0.176. The van der Waals surface area contributed by atoms with E-state index in [1.807, 2.05) is 0 Å². The zero-order chi connectivity index (χ0) is 15.7. The first kappa shape index (κ1) is 14.6. The highest BCUT2D eigenvalue weighted by molar-refractivity contribution is 6.35. The normalized spacial score (nSPS) is 14.4. The van der Waals surface area contributed by atoms with Gasteiger partial charge in [0, 0.05) is 29.8 Å². The van der Waals surface area contributed by atoms with Gasteiger partial charge in [-0.05, 0) is 42.8 Å². The third-order valence-corrected chi connectivity index (χ3v) is 4.05. The van der Waals surface area contributed by atoms with Gasteiger partial charge in [-0.2, -0.15) is 0 Å². The molecular formula is C17H15ClN2O2. The fourth-order valence-electron chi connectivity index (χ4n) is 2.64. The van der Waals surface area contributed by atoms with E-state index in [0.717, 1.165) is 0 Å². The molecule has 0 fully saturated rings. The molecular weight excluding hydrogens is 300 g/mol. The number of halogens is 1. The molecule has 5 heteroatoms. The van der Waals surface area contributed by atoms with Crippen LogP contribution in [-0.2, 0) is 0 Å². The Balaban J connectivity index is 2.07. The first-order chi connectivity index (χ1) is 10.6. The van der Waals surface area contributed by atoms with Crippen LogP contribution in [0, 0.1) is 0 Å². The van der Waals surface area contributed by atoms with Crippen LogP contribution in [0.2, 0.25) is 5.02 Å². The average Bonchev–Trinajstić information content (AvgIpc) is 2.68. The molecule has 1 aliphatic rings. The zero-order valence-corrected chi connectivity index (χ0v) is 12.6. The molecule has 1 aliphatic heterocycles. The lowest BCUT2D eigenvalue weighted by Crippen LogP contribution is -2.32. The number of nitrogens with zero attached hydrogens (tertiary/aromatic N) is 1. The van der Waals surface area contributed by atoms with Gasteiger partial charge in [0.1, 0.15) is 0 Å². The highest BCUT2D eigenvalue weighted by Crippen LogP contribution is 2.34. The van der Waals surface area contributed by atoms with Gasteiger partial charge in [0.25, 0.3) is 5.91 Å². The molecule has 3 rings (SSSR count). The maximum atomic E-state index is 12.8. The number of benzene rings is 2. The Kier molecular flexibility index (Phi) is 3.86. The van der Waals surface area contributed by atoms with E-state index in [0.29, 0.717) is 46.9 Å². The van der Waals surface area contributed by atoms with Crippen molar-refractivity contribution in [1.82, 2.24) is 0 Å². The summed E-state index contributed by atoms with van der Waals surface area (Å²) in [5.41, 5.74) is 7.80. The minimum atomic E-state index is -0.177. The quantitative estimate of drug-likeness (QED) is 0.819. The zero-order valence-electron chi connectivity index (χ0n) is 11.9. The van der Waals surface area contributed by atoms with E-state index < -0.39 is 0 Å². The summed E-state index contributed by atoms with van der Waals surface area (Å²) < 4.78 is 0. The number of nitrogen functional groups attached to an aromatic ring is 1. The smallest absolute Gasteiger partial charge is 0.258 e. The van der Waals surface area contributed by atoms with E-state index in [1.165, 1.54) is 0 Å². The average molecular weight is 315 g/mol. The van der Waals surface area contributed by atoms with Crippen molar-refractivity contribution in [2.24, 2.45) is 0 Å². The van der Waals surface area contributed by atoms with Gasteiger partial charge in [0.05, 0.1) is 10.7 Å². The van der Waals surface area contributed by atoms with Gasteiger partial charge >= 0.3 is 0 Å². The van der Waals surface area contributed by atoms with Gasteiger partial charge < -0.3 is 10.6 Å². The molecule has 0 spiro atoms. The number of hydrogen-bond acceptors (Lipinski definition) is 3. The van der Waals surface area contributed by atoms with E-state index in [9.17, 15) is 9.59 Å². The standard InChI is InChI=1S/C17H15ClN2O2/c18-14-4-1-3-13-15(21)5-2-10-20(16(13)14)17(22)11-6-8-12(19)9-7-11/h1,3-4,6-9H,2,5,10,19H2. The number of rotatable bonds is 1. The monoisotopic (exact) mass is 314 g/mol. The largest absolute Gasteiger partial charge is 0.399 e. The summed E-state index contributed by atoms with van der Waals surface area (Å²) >= 11 is 6.27. The number of para-hydroxylation sites is 1.